The Morgan fingerprint density at radius 2 is 2.00 bits per heavy atom. The second-order valence-corrected chi connectivity index (χ2v) is 6.63. The van der Waals surface area contributed by atoms with Crippen LogP contribution < -0.4 is 10.1 Å². The highest BCUT2D eigenvalue weighted by Gasteiger charge is 2.39. The Morgan fingerprint density at radius 1 is 1.24 bits per heavy atom. The molecule has 1 fully saturated rings. The summed E-state index contributed by atoms with van der Waals surface area (Å²) in [6.45, 7) is 1.71. The first-order valence-electron chi connectivity index (χ1n) is 8.78. The molecule has 3 rings (SSSR count). The molecule has 2 unspecified atom stereocenters. The third kappa shape index (κ3) is 4.00. The van der Waals surface area contributed by atoms with Gasteiger partial charge >= 0.3 is 12.0 Å². The van der Waals surface area contributed by atoms with Crippen molar-refractivity contribution >= 4 is 17.7 Å². The van der Waals surface area contributed by atoms with Gasteiger partial charge in [0.1, 0.15) is 17.8 Å². The van der Waals surface area contributed by atoms with Crippen LogP contribution in [0.2, 0.25) is 0 Å². The predicted octanol–water partition coefficient (Wildman–Crippen LogP) is 3.41. The number of aliphatic imine (C=N–C) groups is 1. The summed E-state index contributed by atoms with van der Waals surface area (Å²) in [5.41, 5.74) is 1.28. The van der Waals surface area contributed by atoms with E-state index in [1.54, 1.807) is 14.0 Å². The molecule has 1 saturated carbocycles. The summed E-state index contributed by atoms with van der Waals surface area (Å²) in [5.74, 6) is -0.265. The molecule has 1 heterocycles. The van der Waals surface area contributed by atoms with Gasteiger partial charge in [-0.1, -0.05) is 18.6 Å². The van der Waals surface area contributed by atoms with Gasteiger partial charge in [0.15, 0.2) is 0 Å². The Morgan fingerprint density at radius 3 is 2.72 bits per heavy atom. The van der Waals surface area contributed by atoms with Gasteiger partial charge in [-0.2, -0.15) is 0 Å². The third-order valence-corrected chi connectivity index (χ3v) is 4.88. The predicted molar refractivity (Wildman–Crippen MR) is 93.8 cm³/mol. The summed E-state index contributed by atoms with van der Waals surface area (Å²) in [6.07, 6.45) is 5.16. The minimum absolute atomic E-state index is 0.0300. The van der Waals surface area contributed by atoms with Crippen LogP contribution in [0.3, 0.4) is 0 Å². The zero-order valence-electron chi connectivity index (χ0n) is 14.7. The molecule has 0 aromatic heterocycles. The summed E-state index contributed by atoms with van der Waals surface area (Å²) < 4.78 is 11.0. The number of nitrogens with one attached hydrogen (secondary N) is 1. The molecular formula is C19H24N2O4. The Balaban J connectivity index is 1.84. The molecule has 0 radical (unpaired) electrons. The van der Waals surface area contributed by atoms with E-state index in [9.17, 15) is 9.59 Å². The van der Waals surface area contributed by atoms with Crippen molar-refractivity contribution in [3.63, 3.8) is 0 Å². The van der Waals surface area contributed by atoms with Crippen LogP contribution in [0.25, 0.3) is 0 Å². The normalized spacial score (nSPS) is 24.2. The van der Waals surface area contributed by atoms with Gasteiger partial charge in [0, 0.05) is 5.71 Å². The van der Waals surface area contributed by atoms with E-state index >= 15 is 0 Å². The molecule has 134 valence electrons. The molecule has 1 aliphatic heterocycles. The van der Waals surface area contributed by atoms with Crippen molar-refractivity contribution in [3.8, 4) is 5.75 Å². The van der Waals surface area contributed by atoms with Crippen molar-refractivity contribution in [2.45, 2.75) is 51.2 Å². The number of hydrogen-bond acceptors (Lipinski definition) is 4. The minimum atomic E-state index is -0.619. The summed E-state index contributed by atoms with van der Waals surface area (Å²) in [7, 11) is 1.58. The number of rotatable bonds is 4. The summed E-state index contributed by atoms with van der Waals surface area (Å²) in [5, 5.41) is 2.80. The van der Waals surface area contributed by atoms with Gasteiger partial charge in [0.25, 0.3) is 0 Å². The van der Waals surface area contributed by atoms with Crippen molar-refractivity contribution in [2.24, 2.45) is 10.9 Å². The molecule has 1 N–H and O–H groups in total. The first kappa shape index (κ1) is 17.5. The SMILES string of the molecule is COc1cccc(C2NC(=O)N=C(C)C2C(=O)OC2CCCCC2)c1. The van der Waals surface area contributed by atoms with Gasteiger partial charge in [-0.25, -0.2) is 9.79 Å². The Kier molecular flexibility index (Phi) is 5.36. The highest BCUT2D eigenvalue weighted by Crippen LogP contribution is 2.31. The molecule has 0 spiro atoms. The van der Waals surface area contributed by atoms with Gasteiger partial charge in [-0.15, -0.1) is 0 Å². The molecule has 2 aliphatic rings. The van der Waals surface area contributed by atoms with Gasteiger partial charge in [0.2, 0.25) is 0 Å². The number of benzene rings is 1. The van der Waals surface area contributed by atoms with Crippen LogP contribution >= 0.6 is 0 Å². The number of urea groups is 1. The number of methoxy groups -OCH3 is 1. The van der Waals surface area contributed by atoms with E-state index in [-0.39, 0.29) is 12.1 Å². The average molecular weight is 344 g/mol. The number of nitrogens with zero attached hydrogens (tertiary/aromatic N) is 1. The molecule has 1 aliphatic carbocycles. The van der Waals surface area contributed by atoms with Crippen LogP contribution in [0, 0.1) is 5.92 Å². The van der Waals surface area contributed by atoms with Crippen molar-refractivity contribution in [2.75, 3.05) is 7.11 Å². The van der Waals surface area contributed by atoms with Gasteiger partial charge < -0.3 is 14.8 Å². The van der Waals surface area contributed by atoms with Gasteiger partial charge in [-0.3, -0.25) is 4.79 Å². The molecule has 6 heteroatoms. The van der Waals surface area contributed by atoms with Crippen LogP contribution in [-0.4, -0.2) is 30.9 Å². The molecule has 6 nitrogen and oxygen atoms in total. The lowest BCUT2D eigenvalue weighted by atomic mass is 9.88. The zero-order valence-corrected chi connectivity index (χ0v) is 14.7. The highest BCUT2D eigenvalue weighted by molar-refractivity contribution is 6.08. The van der Waals surface area contributed by atoms with Crippen molar-refractivity contribution < 1.29 is 19.1 Å². The second kappa shape index (κ2) is 7.68. The first-order chi connectivity index (χ1) is 12.1. The summed E-state index contributed by atoms with van der Waals surface area (Å²) in [6, 6.07) is 6.41. The topological polar surface area (TPSA) is 77.0 Å². The second-order valence-electron chi connectivity index (χ2n) is 6.63. The molecule has 1 aromatic carbocycles. The lowest BCUT2D eigenvalue weighted by Gasteiger charge is -2.32. The molecular weight excluding hydrogens is 320 g/mol. The molecule has 2 amide bonds. The maximum absolute atomic E-state index is 12.8. The smallest absolute Gasteiger partial charge is 0.341 e. The maximum Gasteiger partial charge on any atom is 0.341 e. The Hall–Kier alpha value is -2.37. The standard InChI is InChI=1S/C19H24N2O4/c1-12-16(18(22)25-14-8-4-3-5-9-14)17(21-19(23)20-12)13-7-6-10-15(11-13)24-2/h6-7,10-11,14,16-17H,3-5,8-9H2,1-2H3,(H,21,23). The number of hydrogen-bond donors (Lipinski definition) is 1. The van der Waals surface area contributed by atoms with Crippen LogP contribution in [0.1, 0.15) is 50.6 Å². The fourth-order valence-corrected chi connectivity index (χ4v) is 3.56. The highest BCUT2D eigenvalue weighted by atomic mass is 16.5. The van der Waals surface area contributed by atoms with Gasteiger partial charge in [-0.05, 0) is 50.3 Å². The lowest BCUT2D eigenvalue weighted by molar-refractivity contribution is -0.154. The van der Waals surface area contributed by atoms with Crippen LogP contribution in [0.5, 0.6) is 5.75 Å². The van der Waals surface area contributed by atoms with Crippen LogP contribution in [-0.2, 0) is 9.53 Å². The largest absolute Gasteiger partial charge is 0.497 e. The van der Waals surface area contributed by atoms with Crippen molar-refractivity contribution in [1.29, 1.82) is 0 Å². The lowest BCUT2D eigenvalue weighted by Crippen LogP contribution is -2.45. The van der Waals surface area contributed by atoms with E-state index in [4.69, 9.17) is 9.47 Å². The van der Waals surface area contributed by atoms with Crippen molar-refractivity contribution in [1.82, 2.24) is 5.32 Å². The molecule has 25 heavy (non-hydrogen) atoms. The van der Waals surface area contributed by atoms with Crippen LogP contribution in [0.4, 0.5) is 4.79 Å². The number of carbonyl (C=O) groups is 2. The summed E-state index contributed by atoms with van der Waals surface area (Å²) in [4.78, 5) is 28.7. The third-order valence-electron chi connectivity index (χ3n) is 4.88. The molecule has 1 aromatic rings. The number of esters is 1. The number of ether oxygens (including phenoxy) is 2. The van der Waals surface area contributed by atoms with Crippen molar-refractivity contribution in [3.05, 3.63) is 29.8 Å². The van der Waals surface area contributed by atoms with E-state index in [0.29, 0.717) is 11.5 Å². The van der Waals surface area contributed by atoms with Crippen LogP contribution in [0.15, 0.2) is 29.3 Å². The maximum atomic E-state index is 12.8. The van der Waals surface area contributed by atoms with Gasteiger partial charge in [0.05, 0.1) is 13.2 Å². The van der Waals surface area contributed by atoms with E-state index in [1.165, 1.54) is 6.42 Å². The molecule has 2 atom stereocenters. The average Bonchev–Trinajstić information content (AvgIpc) is 2.61. The first-order valence-corrected chi connectivity index (χ1v) is 8.78. The van der Waals surface area contributed by atoms with E-state index in [1.807, 2.05) is 24.3 Å². The quantitative estimate of drug-likeness (QED) is 0.849. The van der Waals surface area contributed by atoms with E-state index in [0.717, 1.165) is 31.2 Å². The minimum Gasteiger partial charge on any atom is -0.497 e. The monoisotopic (exact) mass is 344 g/mol. The Labute approximate surface area is 147 Å². The van der Waals surface area contributed by atoms with E-state index in [2.05, 4.69) is 10.3 Å². The zero-order chi connectivity index (χ0) is 17.8. The molecule has 0 bridgehead atoms. The Bertz CT molecular complexity index is 680. The molecule has 0 saturated heterocycles. The summed E-state index contributed by atoms with van der Waals surface area (Å²) >= 11 is 0. The fraction of sp³-hybridized carbons (Fsp3) is 0.526. The number of carbonyl (C=O) groups excluding carboxylic acids is 2. The van der Waals surface area contributed by atoms with E-state index < -0.39 is 18.0 Å². The fourth-order valence-electron chi connectivity index (χ4n) is 3.56. The number of amides is 2.